The molecule has 20 heavy (non-hydrogen) atoms. The van der Waals surface area contributed by atoms with Crippen LogP contribution in [0.5, 0.6) is 0 Å². The second-order valence-corrected chi connectivity index (χ2v) is 4.28. The third-order valence-corrected chi connectivity index (χ3v) is 2.92. The van der Waals surface area contributed by atoms with Gasteiger partial charge in [0, 0.05) is 11.9 Å². The molecule has 0 unspecified atom stereocenters. The van der Waals surface area contributed by atoms with Crippen LogP contribution >= 0.6 is 0 Å². The van der Waals surface area contributed by atoms with Gasteiger partial charge in [0.1, 0.15) is 11.6 Å². The SMILES string of the molecule is N#C/C(=C/Nc1ccccc1)c1nc2ccccc2[nH]1. The van der Waals surface area contributed by atoms with Crippen LogP contribution in [0, 0.1) is 11.3 Å². The van der Waals surface area contributed by atoms with Crippen molar-refractivity contribution in [2.24, 2.45) is 0 Å². The smallest absolute Gasteiger partial charge is 0.150 e. The first-order chi connectivity index (χ1) is 9.86. The normalized spacial score (nSPS) is 11.2. The summed E-state index contributed by atoms with van der Waals surface area (Å²) in [5, 5.41) is 12.4. The summed E-state index contributed by atoms with van der Waals surface area (Å²) in [7, 11) is 0. The Balaban J connectivity index is 1.91. The molecule has 0 aliphatic heterocycles. The van der Waals surface area contributed by atoms with Gasteiger partial charge >= 0.3 is 0 Å². The highest BCUT2D eigenvalue weighted by Crippen LogP contribution is 2.16. The highest BCUT2D eigenvalue weighted by molar-refractivity contribution is 5.82. The minimum atomic E-state index is 0.463. The highest BCUT2D eigenvalue weighted by atomic mass is 14.9. The molecule has 96 valence electrons. The molecular formula is C16H12N4. The van der Waals surface area contributed by atoms with Gasteiger partial charge < -0.3 is 10.3 Å². The van der Waals surface area contributed by atoms with E-state index in [0.717, 1.165) is 16.7 Å². The topological polar surface area (TPSA) is 64.5 Å². The van der Waals surface area contributed by atoms with E-state index in [4.69, 9.17) is 0 Å². The molecule has 0 amide bonds. The van der Waals surface area contributed by atoms with Gasteiger partial charge in [0.25, 0.3) is 0 Å². The number of benzene rings is 2. The van der Waals surface area contributed by atoms with Crippen molar-refractivity contribution in [1.29, 1.82) is 5.26 Å². The van der Waals surface area contributed by atoms with E-state index in [1.165, 1.54) is 0 Å². The summed E-state index contributed by atoms with van der Waals surface area (Å²) < 4.78 is 0. The molecule has 0 fully saturated rings. The average molecular weight is 260 g/mol. The molecule has 0 aliphatic carbocycles. The van der Waals surface area contributed by atoms with Crippen molar-refractivity contribution in [3.63, 3.8) is 0 Å². The van der Waals surface area contributed by atoms with Crippen molar-refractivity contribution < 1.29 is 0 Å². The molecule has 0 aliphatic rings. The maximum atomic E-state index is 9.26. The van der Waals surface area contributed by atoms with Crippen LogP contribution in [0.2, 0.25) is 0 Å². The lowest BCUT2D eigenvalue weighted by molar-refractivity contribution is 1.27. The molecule has 0 radical (unpaired) electrons. The maximum absolute atomic E-state index is 9.26. The lowest BCUT2D eigenvalue weighted by Gasteiger charge is -2.00. The second-order valence-electron chi connectivity index (χ2n) is 4.28. The average Bonchev–Trinajstić information content (AvgIpc) is 2.92. The summed E-state index contributed by atoms with van der Waals surface area (Å²) in [6.07, 6.45) is 1.66. The van der Waals surface area contributed by atoms with Gasteiger partial charge in [-0.25, -0.2) is 4.98 Å². The Labute approximate surface area is 116 Å². The summed E-state index contributed by atoms with van der Waals surface area (Å²) in [5.41, 5.74) is 3.16. The Hall–Kier alpha value is -3.06. The predicted octanol–water partition coefficient (Wildman–Crippen LogP) is 3.54. The van der Waals surface area contributed by atoms with E-state index < -0.39 is 0 Å². The number of allylic oxidation sites excluding steroid dienone is 1. The molecule has 2 aromatic carbocycles. The molecule has 0 bridgehead atoms. The highest BCUT2D eigenvalue weighted by Gasteiger charge is 2.06. The lowest BCUT2D eigenvalue weighted by atomic mass is 10.3. The first-order valence-corrected chi connectivity index (χ1v) is 6.24. The fraction of sp³-hybridized carbons (Fsp3) is 0. The zero-order valence-corrected chi connectivity index (χ0v) is 10.7. The van der Waals surface area contributed by atoms with Crippen LogP contribution in [-0.4, -0.2) is 9.97 Å². The van der Waals surface area contributed by atoms with Crippen LogP contribution in [0.15, 0.2) is 60.8 Å². The van der Waals surface area contributed by atoms with Crippen molar-refractivity contribution in [3.05, 3.63) is 66.6 Å². The van der Waals surface area contributed by atoms with Gasteiger partial charge in [-0.15, -0.1) is 0 Å². The molecule has 1 heterocycles. The van der Waals surface area contributed by atoms with Crippen LogP contribution in [0.25, 0.3) is 16.6 Å². The van der Waals surface area contributed by atoms with E-state index in [0.29, 0.717) is 11.4 Å². The number of nitriles is 1. The minimum absolute atomic E-state index is 0.463. The third-order valence-electron chi connectivity index (χ3n) is 2.92. The van der Waals surface area contributed by atoms with Gasteiger partial charge in [-0.05, 0) is 24.3 Å². The van der Waals surface area contributed by atoms with Gasteiger partial charge in [0.2, 0.25) is 0 Å². The maximum Gasteiger partial charge on any atom is 0.150 e. The van der Waals surface area contributed by atoms with Crippen molar-refractivity contribution in [2.75, 3.05) is 5.32 Å². The Morgan fingerprint density at radius 1 is 1.10 bits per heavy atom. The molecular weight excluding hydrogens is 248 g/mol. The molecule has 2 N–H and O–H groups in total. The molecule has 4 nitrogen and oxygen atoms in total. The van der Waals surface area contributed by atoms with Gasteiger partial charge in [-0.2, -0.15) is 5.26 Å². The predicted molar refractivity (Wildman–Crippen MR) is 79.7 cm³/mol. The van der Waals surface area contributed by atoms with Gasteiger partial charge in [0.05, 0.1) is 11.0 Å². The standard InChI is InChI=1S/C16H12N4/c17-10-12(11-18-13-6-2-1-3-7-13)16-19-14-8-4-5-9-15(14)20-16/h1-9,11,18H,(H,19,20)/b12-11-. The van der Waals surface area contributed by atoms with Gasteiger partial charge in [-0.1, -0.05) is 30.3 Å². The van der Waals surface area contributed by atoms with Crippen LogP contribution in [0.3, 0.4) is 0 Å². The first kappa shape index (κ1) is 12.0. The Morgan fingerprint density at radius 2 is 1.85 bits per heavy atom. The number of rotatable bonds is 3. The van der Waals surface area contributed by atoms with Crippen LogP contribution in [0.4, 0.5) is 5.69 Å². The van der Waals surface area contributed by atoms with Gasteiger partial charge in [-0.3, -0.25) is 0 Å². The monoisotopic (exact) mass is 260 g/mol. The van der Waals surface area contributed by atoms with E-state index in [1.54, 1.807) is 6.20 Å². The molecule has 0 atom stereocenters. The van der Waals surface area contributed by atoms with E-state index in [1.807, 2.05) is 54.6 Å². The summed E-state index contributed by atoms with van der Waals surface area (Å²) in [6, 6.07) is 19.5. The largest absolute Gasteiger partial charge is 0.360 e. The quantitative estimate of drug-likeness (QED) is 0.708. The number of hydrogen-bond donors (Lipinski definition) is 2. The number of aromatic amines is 1. The summed E-state index contributed by atoms with van der Waals surface area (Å²) in [4.78, 5) is 7.55. The van der Waals surface area contributed by atoms with Crippen molar-refractivity contribution in [1.82, 2.24) is 9.97 Å². The van der Waals surface area contributed by atoms with E-state index in [9.17, 15) is 5.26 Å². The Kier molecular flexibility index (Phi) is 3.17. The number of anilines is 1. The fourth-order valence-corrected chi connectivity index (χ4v) is 1.92. The zero-order valence-electron chi connectivity index (χ0n) is 10.7. The fourth-order valence-electron chi connectivity index (χ4n) is 1.92. The first-order valence-electron chi connectivity index (χ1n) is 6.24. The Bertz CT molecular complexity index is 761. The number of nitrogens with zero attached hydrogens (tertiary/aromatic N) is 2. The summed E-state index contributed by atoms with van der Waals surface area (Å²) in [5.74, 6) is 0.567. The van der Waals surface area contributed by atoms with E-state index >= 15 is 0 Å². The Morgan fingerprint density at radius 3 is 2.60 bits per heavy atom. The molecule has 3 aromatic rings. The second kappa shape index (κ2) is 5.29. The summed E-state index contributed by atoms with van der Waals surface area (Å²) in [6.45, 7) is 0. The van der Waals surface area contributed by atoms with Crippen LogP contribution in [-0.2, 0) is 0 Å². The minimum Gasteiger partial charge on any atom is -0.360 e. The van der Waals surface area contributed by atoms with Crippen LogP contribution in [0.1, 0.15) is 5.82 Å². The molecule has 0 saturated carbocycles. The number of fused-ring (bicyclic) bond motifs is 1. The van der Waals surface area contributed by atoms with E-state index in [2.05, 4.69) is 21.4 Å². The zero-order chi connectivity index (χ0) is 13.8. The number of H-pyrrole nitrogens is 1. The lowest BCUT2D eigenvalue weighted by Crippen LogP contribution is -1.92. The molecule has 0 spiro atoms. The van der Waals surface area contributed by atoms with Crippen molar-refractivity contribution >= 4 is 22.3 Å². The van der Waals surface area contributed by atoms with Gasteiger partial charge in [0.15, 0.2) is 5.82 Å². The molecule has 4 heteroatoms. The molecule has 1 aromatic heterocycles. The molecule has 3 rings (SSSR count). The number of imidazole rings is 1. The third kappa shape index (κ3) is 2.38. The molecule has 0 saturated heterocycles. The number of aromatic nitrogens is 2. The van der Waals surface area contributed by atoms with Crippen molar-refractivity contribution in [2.45, 2.75) is 0 Å². The number of hydrogen-bond acceptors (Lipinski definition) is 3. The number of nitrogens with one attached hydrogen (secondary N) is 2. The summed E-state index contributed by atoms with van der Waals surface area (Å²) >= 11 is 0. The van der Waals surface area contributed by atoms with E-state index in [-0.39, 0.29) is 0 Å². The van der Waals surface area contributed by atoms with Crippen molar-refractivity contribution in [3.8, 4) is 6.07 Å². The number of para-hydroxylation sites is 3. The van der Waals surface area contributed by atoms with Crippen LogP contribution < -0.4 is 5.32 Å².